The molecule has 0 aromatic carbocycles. The third-order valence-electron chi connectivity index (χ3n) is 2.36. The number of halogens is 3. The standard InChI is InChI=1S/C12H14F3N3/c1-5-18(16-4)10-7-6-9(8(2)3)11(17-10)12(13,14)15/h5-8H,1,4H2,2-3H3. The fourth-order valence-electron chi connectivity index (χ4n) is 1.50. The molecule has 0 amide bonds. The van der Waals surface area contributed by atoms with Crippen molar-refractivity contribution in [3.8, 4) is 0 Å². The summed E-state index contributed by atoms with van der Waals surface area (Å²) in [5, 5.41) is 4.59. The Bertz CT molecular complexity index is 444. The van der Waals surface area contributed by atoms with E-state index in [1.54, 1.807) is 13.8 Å². The number of nitrogens with zero attached hydrogens (tertiary/aromatic N) is 3. The SMILES string of the molecule is C=CN(N=C)c1ccc(C(C)C)c(C(F)(F)F)n1. The number of alkyl halides is 3. The molecule has 6 heteroatoms. The second kappa shape index (κ2) is 5.20. The van der Waals surface area contributed by atoms with E-state index in [-0.39, 0.29) is 17.3 Å². The number of hydrazone groups is 1. The summed E-state index contributed by atoms with van der Waals surface area (Å²) in [5.74, 6) is -0.228. The molecule has 0 saturated carbocycles. The molecule has 1 rings (SSSR count). The molecule has 0 aliphatic heterocycles. The van der Waals surface area contributed by atoms with Crippen LogP contribution in [0.15, 0.2) is 30.0 Å². The maximum absolute atomic E-state index is 12.9. The van der Waals surface area contributed by atoms with Gasteiger partial charge in [0.15, 0.2) is 5.82 Å². The van der Waals surface area contributed by atoms with Crippen molar-refractivity contribution in [1.29, 1.82) is 0 Å². The van der Waals surface area contributed by atoms with Gasteiger partial charge in [-0.1, -0.05) is 26.5 Å². The summed E-state index contributed by atoms with van der Waals surface area (Å²) in [6.45, 7) is 10.0. The summed E-state index contributed by atoms with van der Waals surface area (Å²) < 4.78 is 38.7. The smallest absolute Gasteiger partial charge is 0.224 e. The van der Waals surface area contributed by atoms with Gasteiger partial charge >= 0.3 is 6.18 Å². The molecular formula is C12H14F3N3. The predicted octanol–water partition coefficient (Wildman–Crippen LogP) is 3.79. The van der Waals surface area contributed by atoms with E-state index < -0.39 is 11.9 Å². The van der Waals surface area contributed by atoms with E-state index in [1.165, 1.54) is 18.3 Å². The van der Waals surface area contributed by atoms with Crippen LogP contribution >= 0.6 is 0 Å². The lowest BCUT2D eigenvalue weighted by molar-refractivity contribution is -0.141. The van der Waals surface area contributed by atoms with Gasteiger partial charge in [0.1, 0.15) is 5.69 Å². The summed E-state index contributed by atoms with van der Waals surface area (Å²) in [4.78, 5) is 3.60. The van der Waals surface area contributed by atoms with E-state index in [2.05, 4.69) is 23.4 Å². The minimum atomic E-state index is -4.50. The van der Waals surface area contributed by atoms with E-state index in [0.29, 0.717) is 0 Å². The van der Waals surface area contributed by atoms with Gasteiger partial charge in [0.2, 0.25) is 0 Å². The lowest BCUT2D eigenvalue weighted by Crippen LogP contribution is -2.16. The van der Waals surface area contributed by atoms with Gasteiger partial charge < -0.3 is 0 Å². The van der Waals surface area contributed by atoms with E-state index in [1.807, 2.05) is 0 Å². The molecule has 0 unspecified atom stereocenters. The number of aromatic nitrogens is 1. The third-order valence-corrected chi connectivity index (χ3v) is 2.36. The van der Waals surface area contributed by atoms with Crippen LogP contribution in [0.1, 0.15) is 31.0 Å². The van der Waals surface area contributed by atoms with E-state index in [4.69, 9.17) is 0 Å². The fraction of sp³-hybridized carbons (Fsp3) is 0.333. The second-order valence-electron chi connectivity index (χ2n) is 3.93. The highest BCUT2D eigenvalue weighted by Crippen LogP contribution is 2.35. The highest BCUT2D eigenvalue weighted by atomic mass is 19.4. The van der Waals surface area contributed by atoms with E-state index >= 15 is 0 Å². The van der Waals surface area contributed by atoms with Gasteiger partial charge in [-0.15, -0.1) is 0 Å². The molecule has 18 heavy (non-hydrogen) atoms. The molecule has 0 saturated heterocycles. The molecule has 0 radical (unpaired) electrons. The first kappa shape index (κ1) is 14.2. The first-order valence-corrected chi connectivity index (χ1v) is 5.27. The number of pyridine rings is 1. The van der Waals surface area contributed by atoms with E-state index in [9.17, 15) is 13.2 Å². The summed E-state index contributed by atoms with van der Waals surface area (Å²) in [6, 6.07) is 2.86. The Labute approximate surface area is 104 Å². The molecule has 0 fully saturated rings. The Morgan fingerprint density at radius 1 is 1.39 bits per heavy atom. The Kier molecular flexibility index (Phi) is 4.11. The van der Waals surface area contributed by atoms with Gasteiger partial charge in [-0.25, -0.2) is 9.99 Å². The summed E-state index contributed by atoms with van der Waals surface area (Å²) in [7, 11) is 0. The van der Waals surface area contributed by atoms with Gasteiger partial charge in [0, 0.05) is 12.9 Å². The molecule has 1 aromatic heterocycles. The Balaban J connectivity index is 3.38. The number of hydrogen-bond donors (Lipinski definition) is 0. The quantitative estimate of drug-likeness (QED) is 0.606. The second-order valence-corrected chi connectivity index (χ2v) is 3.93. The van der Waals surface area contributed by atoms with Crippen LogP contribution in [0.3, 0.4) is 0 Å². The van der Waals surface area contributed by atoms with Gasteiger partial charge in [-0.2, -0.15) is 18.3 Å². The average molecular weight is 257 g/mol. The lowest BCUT2D eigenvalue weighted by Gasteiger charge is -2.18. The van der Waals surface area contributed by atoms with Crippen LogP contribution in [0.5, 0.6) is 0 Å². The Morgan fingerprint density at radius 3 is 2.39 bits per heavy atom. The summed E-state index contributed by atoms with van der Waals surface area (Å²) in [6.07, 6.45) is -3.26. The van der Waals surface area contributed by atoms with Gasteiger partial charge in [0.05, 0.1) is 0 Å². The Morgan fingerprint density at radius 2 is 2.00 bits per heavy atom. The fourth-order valence-corrected chi connectivity index (χ4v) is 1.50. The molecule has 0 N–H and O–H groups in total. The highest BCUT2D eigenvalue weighted by molar-refractivity contribution is 5.47. The van der Waals surface area contributed by atoms with Crippen molar-refractivity contribution < 1.29 is 13.2 Å². The van der Waals surface area contributed by atoms with Crippen molar-refractivity contribution >= 4 is 12.5 Å². The molecule has 0 bridgehead atoms. The first-order valence-electron chi connectivity index (χ1n) is 5.27. The molecule has 1 heterocycles. The molecule has 0 aliphatic carbocycles. The van der Waals surface area contributed by atoms with Crippen LogP contribution in [0.2, 0.25) is 0 Å². The van der Waals surface area contributed by atoms with Gasteiger partial charge in [0.25, 0.3) is 0 Å². The normalized spacial score (nSPS) is 11.4. The largest absolute Gasteiger partial charge is 0.433 e. The first-order chi connectivity index (χ1) is 8.31. The molecule has 0 atom stereocenters. The topological polar surface area (TPSA) is 28.5 Å². The summed E-state index contributed by atoms with van der Waals surface area (Å²) >= 11 is 0. The van der Waals surface area contributed by atoms with Crippen LogP contribution in [-0.4, -0.2) is 11.7 Å². The monoisotopic (exact) mass is 257 g/mol. The lowest BCUT2D eigenvalue weighted by atomic mass is 10.0. The van der Waals surface area contributed by atoms with Gasteiger partial charge in [-0.3, -0.25) is 0 Å². The van der Waals surface area contributed by atoms with Crippen molar-refractivity contribution in [3.05, 3.63) is 36.2 Å². The van der Waals surface area contributed by atoms with Crippen molar-refractivity contribution in [3.63, 3.8) is 0 Å². The molecule has 0 aliphatic rings. The third kappa shape index (κ3) is 2.88. The van der Waals surface area contributed by atoms with Gasteiger partial charge in [-0.05, 0) is 17.5 Å². The average Bonchev–Trinajstić information content (AvgIpc) is 2.29. The number of rotatable bonds is 4. The molecule has 0 spiro atoms. The van der Waals surface area contributed by atoms with Crippen LogP contribution in [0, 0.1) is 0 Å². The minimum Gasteiger partial charge on any atom is -0.224 e. The van der Waals surface area contributed by atoms with Crippen LogP contribution in [0.4, 0.5) is 19.0 Å². The maximum atomic E-state index is 12.9. The number of anilines is 1. The van der Waals surface area contributed by atoms with Crippen molar-refractivity contribution in [1.82, 2.24) is 4.98 Å². The molecule has 98 valence electrons. The zero-order valence-corrected chi connectivity index (χ0v) is 10.2. The maximum Gasteiger partial charge on any atom is 0.433 e. The van der Waals surface area contributed by atoms with Crippen molar-refractivity contribution in [2.75, 3.05) is 5.01 Å². The van der Waals surface area contributed by atoms with E-state index in [0.717, 1.165) is 5.01 Å². The Hall–Kier alpha value is -1.85. The molecule has 3 nitrogen and oxygen atoms in total. The van der Waals surface area contributed by atoms with Crippen molar-refractivity contribution in [2.24, 2.45) is 5.10 Å². The van der Waals surface area contributed by atoms with Crippen LogP contribution in [-0.2, 0) is 6.18 Å². The highest BCUT2D eigenvalue weighted by Gasteiger charge is 2.36. The molecule has 1 aromatic rings. The zero-order valence-electron chi connectivity index (χ0n) is 10.2. The van der Waals surface area contributed by atoms with Crippen LogP contribution in [0.25, 0.3) is 0 Å². The van der Waals surface area contributed by atoms with Crippen LogP contribution < -0.4 is 5.01 Å². The zero-order chi connectivity index (χ0) is 13.9. The predicted molar refractivity (Wildman–Crippen MR) is 65.6 cm³/mol. The van der Waals surface area contributed by atoms with Crippen molar-refractivity contribution in [2.45, 2.75) is 25.9 Å². The summed E-state index contributed by atoms with van der Waals surface area (Å²) in [5.41, 5.74) is -0.746. The number of hydrogen-bond acceptors (Lipinski definition) is 3. The molecular weight excluding hydrogens is 243 g/mol. The minimum absolute atomic E-state index is 0.0386.